The lowest BCUT2D eigenvalue weighted by molar-refractivity contribution is 0.0470. The Hall–Kier alpha value is -1.44. The molecule has 2 aromatic heterocycles. The van der Waals surface area contributed by atoms with Crippen molar-refractivity contribution in [2.24, 2.45) is 0 Å². The monoisotopic (exact) mass is 444 g/mol. The van der Waals surface area contributed by atoms with Crippen molar-refractivity contribution in [1.29, 1.82) is 0 Å². The first-order valence-electron chi connectivity index (χ1n) is 12.3. The van der Waals surface area contributed by atoms with Crippen molar-refractivity contribution in [3.05, 3.63) is 16.6 Å². The molecule has 0 radical (unpaired) electrons. The van der Waals surface area contributed by atoms with Crippen LogP contribution >= 0.6 is 11.3 Å². The Morgan fingerprint density at radius 2 is 1.74 bits per heavy atom. The molecule has 5 rings (SSSR count). The fourth-order valence-corrected chi connectivity index (χ4v) is 6.99. The Morgan fingerprint density at radius 3 is 2.45 bits per heavy atom. The number of aryl methyl sites for hydroxylation is 1. The molecule has 0 unspecified atom stereocenters. The second-order valence-corrected chi connectivity index (χ2v) is 10.9. The molecular weight excluding hydrogens is 408 g/mol. The summed E-state index contributed by atoms with van der Waals surface area (Å²) in [5.41, 5.74) is 1.04. The maximum absolute atomic E-state index is 13.0. The van der Waals surface area contributed by atoms with Crippen LogP contribution in [0.4, 0.5) is 0 Å². The number of aliphatic hydroxyl groups excluding tert-OH is 1. The summed E-state index contributed by atoms with van der Waals surface area (Å²) in [7, 11) is 0. The highest BCUT2D eigenvalue weighted by molar-refractivity contribution is 7.20. The number of likely N-dealkylation sites (tertiary alicyclic amines) is 1. The normalized spacial score (nSPS) is 27.0. The van der Waals surface area contributed by atoms with Gasteiger partial charge < -0.3 is 15.3 Å². The summed E-state index contributed by atoms with van der Waals surface area (Å²) in [5.74, 6) is 0.0836. The van der Waals surface area contributed by atoms with Crippen molar-refractivity contribution in [2.75, 3.05) is 13.1 Å². The summed E-state index contributed by atoms with van der Waals surface area (Å²) in [6.45, 7) is 4.10. The predicted octanol–water partition coefficient (Wildman–Crippen LogP) is 4.41. The second kappa shape index (κ2) is 9.20. The Bertz CT molecular complexity index is 900. The van der Waals surface area contributed by atoms with Gasteiger partial charge >= 0.3 is 0 Å². The number of rotatable bonds is 4. The van der Waals surface area contributed by atoms with Gasteiger partial charge in [-0.3, -0.25) is 9.48 Å². The fourth-order valence-electron chi connectivity index (χ4n) is 5.85. The van der Waals surface area contributed by atoms with Crippen LogP contribution in [0.1, 0.15) is 92.0 Å². The molecular formula is C24H36N4O2S. The predicted molar refractivity (Wildman–Crippen MR) is 125 cm³/mol. The average molecular weight is 445 g/mol. The van der Waals surface area contributed by atoms with Crippen molar-refractivity contribution in [3.63, 3.8) is 0 Å². The number of carbonyl (C=O) groups is 1. The van der Waals surface area contributed by atoms with Crippen molar-refractivity contribution in [1.82, 2.24) is 20.0 Å². The van der Waals surface area contributed by atoms with Crippen LogP contribution in [0.3, 0.4) is 0 Å². The number of hydrogen-bond donors (Lipinski definition) is 2. The zero-order valence-electron chi connectivity index (χ0n) is 18.7. The van der Waals surface area contributed by atoms with Gasteiger partial charge in [0.1, 0.15) is 4.83 Å². The number of aliphatic hydroxyl groups is 1. The van der Waals surface area contributed by atoms with Crippen LogP contribution in [0.2, 0.25) is 0 Å². The van der Waals surface area contributed by atoms with E-state index in [0.717, 1.165) is 67.6 Å². The Balaban J connectivity index is 1.20. The molecule has 2 N–H and O–H groups in total. The highest BCUT2D eigenvalue weighted by Crippen LogP contribution is 2.35. The van der Waals surface area contributed by atoms with Crippen LogP contribution in [-0.2, 0) is 0 Å². The topological polar surface area (TPSA) is 70.4 Å². The molecule has 0 atom stereocenters. The smallest absolute Gasteiger partial charge is 0.261 e. The molecule has 2 saturated carbocycles. The van der Waals surface area contributed by atoms with Gasteiger partial charge in [0, 0.05) is 30.6 Å². The summed E-state index contributed by atoms with van der Waals surface area (Å²) in [6, 6.07) is 3.45. The van der Waals surface area contributed by atoms with E-state index in [1.165, 1.54) is 36.9 Å². The molecule has 1 saturated heterocycles. The zero-order chi connectivity index (χ0) is 21.4. The van der Waals surface area contributed by atoms with E-state index >= 15 is 0 Å². The molecule has 3 heterocycles. The van der Waals surface area contributed by atoms with E-state index in [9.17, 15) is 9.90 Å². The number of nitrogens with one attached hydrogen (secondary N) is 1. The molecule has 0 spiro atoms. The number of amides is 1. The van der Waals surface area contributed by atoms with Crippen LogP contribution in [0.5, 0.6) is 0 Å². The minimum absolute atomic E-state index is 0.0836. The SMILES string of the molecule is Cc1nn(C2CCCCC2)c2sc(C(=O)N[C@H]3CC[C@H](N4CCC(O)CC4)CC3)cc12. The lowest BCUT2D eigenvalue weighted by Gasteiger charge is -2.40. The standard InChI is InChI=1S/C24H36N4O2S/c1-16-21-15-22(31-24(21)28(26-16)19-5-3-2-4-6-19)23(30)25-17-7-9-18(10-8-17)27-13-11-20(29)12-14-27/h15,17-20,29H,2-14H2,1H3,(H,25,30)/t17-,18-. The average Bonchev–Trinajstić information content (AvgIpc) is 3.36. The minimum Gasteiger partial charge on any atom is -0.393 e. The van der Waals surface area contributed by atoms with Gasteiger partial charge in [-0.1, -0.05) is 19.3 Å². The number of aromatic nitrogens is 2. The van der Waals surface area contributed by atoms with Gasteiger partial charge in [-0.2, -0.15) is 5.10 Å². The van der Waals surface area contributed by atoms with E-state index in [0.29, 0.717) is 12.1 Å². The molecule has 31 heavy (non-hydrogen) atoms. The van der Waals surface area contributed by atoms with E-state index in [4.69, 9.17) is 5.10 Å². The van der Waals surface area contributed by atoms with E-state index in [-0.39, 0.29) is 18.1 Å². The Kier molecular flexibility index (Phi) is 6.35. The summed E-state index contributed by atoms with van der Waals surface area (Å²) >= 11 is 1.62. The maximum atomic E-state index is 13.0. The van der Waals surface area contributed by atoms with Gasteiger partial charge in [0.15, 0.2) is 0 Å². The number of thiophene rings is 1. The van der Waals surface area contributed by atoms with Crippen molar-refractivity contribution < 1.29 is 9.90 Å². The second-order valence-electron chi connectivity index (χ2n) is 9.90. The molecule has 7 heteroatoms. The van der Waals surface area contributed by atoms with E-state index in [2.05, 4.69) is 27.9 Å². The summed E-state index contributed by atoms with van der Waals surface area (Å²) in [5, 5.41) is 19.0. The van der Waals surface area contributed by atoms with Crippen LogP contribution in [-0.4, -0.2) is 57.0 Å². The highest BCUT2D eigenvalue weighted by Gasteiger charge is 2.30. The highest BCUT2D eigenvalue weighted by atomic mass is 32.1. The van der Waals surface area contributed by atoms with Crippen LogP contribution in [0.25, 0.3) is 10.2 Å². The van der Waals surface area contributed by atoms with Gasteiger partial charge in [0.2, 0.25) is 0 Å². The Labute approximate surface area is 189 Å². The lowest BCUT2D eigenvalue weighted by Crippen LogP contribution is -2.47. The molecule has 6 nitrogen and oxygen atoms in total. The first-order chi connectivity index (χ1) is 15.1. The van der Waals surface area contributed by atoms with Crippen LogP contribution < -0.4 is 5.32 Å². The quantitative estimate of drug-likeness (QED) is 0.733. The molecule has 3 aliphatic rings. The molecule has 0 bridgehead atoms. The van der Waals surface area contributed by atoms with Gasteiger partial charge in [-0.05, 0) is 64.4 Å². The first kappa shape index (κ1) is 21.4. The van der Waals surface area contributed by atoms with Crippen molar-refractivity contribution in [3.8, 4) is 0 Å². The largest absolute Gasteiger partial charge is 0.393 e. The summed E-state index contributed by atoms with van der Waals surface area (Å²) in [4.78, 5) is 17.6. The van der Waals surface area contributed by atoms with Crippen LogP contribution in [0, 0.1) is 6.92 Å². The van der Waals surface area contributed by atoms with Crippen molar-refractivity contribution in [2.45, 2.75) is 102 Å². The van der Waals surface area contributed by atoms with Gasteiger partial charge in [-0.25, -0.2) is 0 Å². The molecule has 3 fully saturated rings. The third-order valence-electron chi connectivity index (χ3n) is 7.76. The number of fused-ring (bicyclic) bond motifs is 1. The number of piperidine rings is 1. The van der Waals surface area contributed by atoms with Gasteiger partial charge in [0.25, 0.3) is 5.91 Å². The number of nitrogens with zero attached hydrogens (tertiary/aromatic N) is 3. The molecule has 2 aromatic rings. The molecule has 2 aliphatic carbocycles. The summed E-state index contributed by atoms with van der Waals surface area (Å²) in [6.07, 6.45) is 12.4. The molecule has 1 amide bonds. The number of hydrogen-bond acceptors (Lipinski definition) is 5. The first-order valence-corrected chi connectivity index (χ1v) is 13.1. The third-order valence-corrected chi connectivity index (χ3v) is 8.88. The number of carbonyl (C=O) groups excluding carboxylic acids is 1. The minimum atomic E-state index is -0.109. The van der Waals surface area contributed by atoms with Gasteiger partial charge in [0.05, 0.1) is 22.7 Å². The van der Waals surface area contributed by atoms with E-state index < -0.39 is 0 Å². The van der Waals surface area contributed by atoms with Gasteiger partial charge in [-0.15, -0.1) is 11.3 Å². The maximum Gasteiger partial charge on any atom is 0.261 e. The van der Waals surface area contributed by atoms with E-state index in [1.54, 1.807) is 11.3 Å². The third kappa shape index (κ3) is 4.55. The molecule has 1 aliphatic heterocycles. The van der Waals surface area contributed by atoms with Crippen molar-refractivity contribution >= 4 is 27.5 Å². The van der Waals surface area contributed by atoms with E-state index in [1.807, 2.05) is 0 Å². The summed E-state index contributed by atoms with van der Waals surface area (Å²) < 4.78 is 2.21. The zero-order valence-corrected chi connectivity index (χ0v) is 19.5. The molecule has 170 valence electrons. The lowest BCUT2D eigenvalue weighted by atomic mass is 9.89. The molecule has 0 aromatic carbocycles. The fraction of sp³-hybridized carbons (Fsp3) is 0.750. The Morgan fingerprint density at radius 1 is 1.03 bits per heavy atom. The van der Waals surface area contributed by atoms with Crippen LogP contribution in [0.15, 0.2) is 6.07 Å².